The van der Waals surface area contributed by atoms with Crippen molar-refractivity contribution in [2.45, 2.75) is 12.8 Å². The average Bonchev–Trinajstić information content (AvgIpc) is 3.11. The fourth-order valence-electron chi connectivity index (χ4n) is 2.91. The fourth-order valence-corrected chi connectivity index (χ4v) is 3.88. The van der Waals surface area contributed by atoms with Crippen LogP contribution in [-0.2, 0) is 16.0 Å². The normalized spacial score (nSPS) is 14.5. The molecule has 0 spiro atoms. The van der Waals surface area contributed by atoms with E-state index in [-0.39, 0.29) is 5.91 Å². The molecule has 1 N–H and O–H groups in total. The molecule has 0 aliphatic carbocycles. The number of amides is 1. The van der Waals surface area contributed by atoms with Crippen LogP contribution >= 0.6 is 11.3 Å². The molecule has 1 aliphatic heterocycles. The van der Waals surface area contributed by atoms with E-state index in [0.717, 1.165) is 53.0 Å². The Morgan fingerprint density at radius 1 is 1.19 bits per heavy atom. The van der Waals surface area contributed by atoms with Crippen molar-refractivity contribution in [2.75, 3.05) is 36.5 Å². The monoisotopic (exact) mass is 368 g/mol. The molecule has 26 heavy (non-hydrogen) atoms. The van der Waals surface area contributed by atoms with Crippen LogP contribution in [-0.4, -0.2) is 42.2 Å². The minimum Gasteiger partial charge on any atom is -0.378 e. The van der Waals surface area contributed by atoms with Gasteiger partial charge in [0, 0.05) is 25.9 Å². The Morgan fingerprint density at radius 3 is 2.81 bits per heavy atom. The van der Waals surface area contributed by atoms with E-state index in [1.54, 1.807) is 17.5 Å². The van der Waals surface area contributed by atoms with Gasteiger partial charge < -0.3 is 15.0 Å². The third-order valence-corrected chi connectivity index (χ3v) is 5.37. The van der Waals surface area contributed by atoms with Crippen LogP contribution in [0.25, 0.3) is 10.2 Å². The number of aromatic nitrogens is 2. The average molecular weight is 368 g/mol. The maximum Gasteiger partial charge on any atom is 0.224 e. The van der Waals surface area contributed by atoms with Crippen molar-refractivity contribution < 1.29 is 9.53 Å². The molecule has 1 aliphatic rings. The molecule has 0 atom stereocenters. The van der Waals surface area contributed by atoms with Crippen LogP contribution in [0.1, 0.15) is 11.4 Å². The topological polar surface area (TPSA) is 67.4 Å². The van der Waals surface area contributed by atoms with Crippen molar-refractivity contribution in [3.63, 3.8) is 0 Å². The van der Waals surface area contributed by atoms with Crippen molar-refractivity contribution in [1.82, 2.24) is 9.97 Å². The predicted octanol–water partition coefficient (Wildman–Crippen LogP) is 3.10. The number of hydrogen-bond acceptors (Lipinski definition) is 6. The van der Waals surface area contributed by atoms with E-state index in [0.29, 0.717) is 12.8 Å². The van der Waals surface area contributed by atoms with E-state index in [1.165, 1.54) is 0 Å². The van der Waals surface area contributed by atoms with Gasteiger partial charge in [0.2, 0.25) is 5.91 Å². The number of morpholine rings is 1. The molecule has 1 saturated heterocycles. The first-order valence-electron chi connectivity index (χ1n) is 8.71. The second-order valence-corrected chi connectivity index (χ2v) is 7.24. The van der Waals surface area contributed by atoms with Gasteiger partial charge in [0.05, 0.1) is 40.3 Å². The van der Waals surface area contributed by atoms with Gasteiger partial charge in [-0.2, -0.15) is 0 Å². The summed E-state index contributed by atoms with van der Waals surface area (Å²) in [6.07, 6.45) is 2.76. The summed E-state index contributed by atoms with van der Waals surface area (Å²) in [5, 5.41) is 3.90. The van der Waals surface area contributed by atoms with Crippen LogP contribution in [0.2, 0.25) is 0 Å². The lowest BCUT2D eigenvalue weighted by Crippen LogP contribution is -2.36. The molecule has 1 amide bonds. The zero-order valence-electron chi connectivity index (χ0n) is 14.4. The van der Waals surface area contributed by atoms with Gasteiger partial charge in [0.15, 0.2) is 0 Å². The number of nitrogens with one attached hydrogen (secondary N) is 1. The molecule has 7 heteroatoms. The summed E-state index contributed by atoms with van der Waals surface area (Å²) in [5.74, 6) is 0.894. The lowest BCUT2D eigenvalue weighted by molar-refractivity contribution is -0.116. The summed E-state index contributed by atoms with van der Waals surface area (Å²) in [4.78, 5) is 23.4. The third-order valence-electron chi connectivity index (χ3n) is 4.27. The van der Waals surface area contributed by atoms with E-state index < -0.39 is 0 Å². The highest BCUT2D eigenvalue weighted by atomic mass is 32.1. The van der Waals surface area contributed by atoms with Crippen molar-refractivity contribution in [3.8, 4) is 0 Å². The quantitative estimate of drug-likeness (QED) is 0.750. The second kappa shape index (κ2) is 7.80. The van der Waals surface area contributed by atoms with Crippen LogP contribution in [0.3, 0.4) is 0 Å². The fraction of sp³-hybridized carbons (Fsp3) is 0.316. The van der Waals surface area contributed by atoms with Gasteiger partial charge in [0.25, 0.3) is 0 Å². The van der Waals surface area contributed by atoms with Crippen molar-refractivity contribution in [1.29, 1.82) is 0 Å². The Kier molecular flexibility index (Phi) is 5.08. The lowest BCUT2D eigenvalue weighted by Gasteiger charge is -2.27. The van der Waals surface area contributed by atoms with Gasteiger partial charge in [-0.25, -0.2) is 9.97 Å². The zero-order valence-corrected chi connectivity index (χ0v) is 15.2. The number of pyridine rings is 1. The van der Waals surface area contributed by atoms with Crippen LogP contribution in [0, 0.1) is 0 Å². The minimum absolute atomic E-state index is 0.0230. The summed E-state index contributed by atoms with van der Waals surface area (Å²) < 4.78 is 6.51. The van der Waals surface area contributed by atoms with Crippen molar-refractivity contribution in [3.05, 3.63) is 47.6 Å². The van der Waals surface area contributed by atoms with E-state index in [2.05, 4.69) is 26.3 Å². The molecule has 134 valence electrons. The van der Waals surface area contributed by atoms with Gasteiger partial charge in [-0.1, -0.05) is 12.1 Å². The number of fused-ring (bicyclic) bond motifs is 1. The van der Waals surface area contributed by atoms with Crippen LogP contribution < -0.4 is 10.2 Å². The Balaban J connectivity index is 1.31. The SMILES string of the molecule is O=C(CCc1nc2ccccc2s1)Nc1ccc(N2CCOCC2)nc1. The predicted molar refractivity (Wildman–Crippen MR) is 104 cm³/mol. The molecular weight excluding hydrogens is 348 g/mol. The summed E-state index contributed by atoms with van der Waals surface area (Å²) in [5.41, 5.74) is 1.71. The van der Waals surface area contributed by atoms with Crippen molar-refractivity contribution in [2.24, 2.45) is 0 Å². The van der Waals surface area contributed by atoms with E-state index in [9.17, 15) is 4.79 Å². The molecule has 3 heterocycles. The van der Waals surface area contributed by atoms with Crippen molar-refractivity contribution >= 4 is 39.0 Å². The maximum atomic E-state index is 12.2. The first-order valence-corrected chi connectivity index (χ1v) is 9.53. The molecule has 1 aromatic carbocycles. The van der Waals surface area contributed by atoms with Gasteiger partial charge in [-0.05, 0) is 24.3 Å². The Bertz CT molecular complexity index is 855. The van der Waals surface area contributed by atoms with Crippen LogP contribution in [0.15, 0.2) is 42.6 Å². The van der Waals surface area contributed by atoms with E-state index in [4.69, 9.17) is 4.74 Å². The minimum atomic E-state index is -0.0230. The third kappa shape index (κ3) is 4.00. The number of thiazole rings is 1. The molecule has 1 fully saturated rings. The number of anilines is 2. The summed E-state index contributed by atoms with van der Waals surface area (Å²) >= 11 is 1.64. The molecule has 0 saturated carbocycles. The molecule has 0 bridgehead atoms. The van der Waals surface area contributed by atoms with Crippen LogP contribution in [0.5, 0.6) is 0 Å². The standard InChI is InChI=1S/C19H20N4O2S/c24-18(7-8-19-22-15-3-1-2-4-16(15)26-19)21-14-5-6-17(20-13-14)23-9-11-25-12-10-23/h1-6,13H,7-12H2,(H,21,24). The number of ether oxygens (including phenoxy) is 1. The summed E-state index contributed by atoms with van der Waals surface area (Å²) in [6, 6.07) is 11.9. The number of nitrogens with zero attached hydrogens (tertiary/aromatic N) is 3. The smallest absolute Gasteiger partial charge is 0.224 e. The van der Waals surface area contributed by atoms with E-state index >= 15 is 0 Å². The van der Waals surface area contributed by atoms with E-state index in [1.807, 2.05) is 30.3 Å². The number of carbonyl (C=O) groups is 1. The molecule has 3 aromatic rings. The summed E-state index contributed by atoms with van der Waals surface area (Å²) in [7, 11) is 0. The van der Waals surface area contributed by atoms with Crippen LogP contribution in [0.4, 0.5) is 11.5 Å². The first-order chi connectivity index (χ1) is 12.8. The highest BCUT2D eigenvalue weighted by Crippen LogP contribution is 2.22. The Labute approximate surface area is 155 Å². The molecule has 0 unspecified atom stereocenters. The first kappa shape index (κ1) is 16.9. The molecule has 4 rings (SSSR count). The van der Waals surface area contributed by atoms with Gasteiger partial charge in [-0.3, -0.25) is 4.79 Å². The maximum absolute atomic E-state index is 12.2. The Hall–Kier alpha value is -2.51. The molecule has 0 radical (unpaired) electrons. The Morgan fingerprint density at radius 2 is 2.04 bits per heavy atom. The molecule has 2 aromatic heterocycles. The van der Waals surface area contributed by atoms with Gasteiger partial charge in [0.1, 0.15) is 5.82 Å². The summed E-state index contributed by atoms with van der Waals surface area (Å²) in [6.45, 7) is 3.15. The molecular formula is C19H20N4O2S. The van der Waals surface area contributed by atoms with Gasteiger partial charge in [-0.15, -0.1) is 11.3 Å². The number of para-hydroxylation sites is 1. The van der Waals surface area contributed by atoms with Gasteiger partial charge >= 0.3 is 0 Å². The number of benzene rings is 1. The number of aryl methyl sites for hydroxylation is 1. The zero-order chi connectivity index (χ0) is 17.8. The highest BCUT2D eigenvalue weighted by Gasteiger charge is 2.12. The second-order valence-electron chi connectivity index (χ2n) is 6.13. The number of rotatable bonds is 5. The molecule has 6 nitrogen and oxygen atoms in total. The number of hydrogen-bond donors (Lipinski definition) is 1. The highest BCUT2D eigenvalue weighted by molar-refractivity contribution is 7.18. The lowest BCUT2D eigenvalue weighted by atomic mass is 10.3. The number of carbonyl (C=O) groups excluding carboxylic acids is 1. The largest absolute Gasteiger partial charge is 0.378 e.